The number of carbonyl (C=O) groups is 1. The minimum Gasteiger partial charge on any atom is -0.481 e. The van der Waals surface area contributed by atoms with E-state index < -0.39 is 22.7 Å². The van der Waals surface area contributed by atoms with Crippen molar-refractivity contribution >= 4 is 11.5 Å². The summed E-state index contributed by atoms with van der Waals surface area (Å²) in [5, 5.41) is 20.3. The first-order valence-corrected chi connectivity index (χ1v) is 9.80. The number of nitriles is 1. The van der Waals surface area contributed by atoms with Crippen LogP contribution in [0.15, 0.2) is 72.8 Å². The van der Waals surface area contributed by atoms with Crippen molar-refractivity contribution < 1.29 is 9.90 Å². The zero-order chi connectivity index (χ0) is 21.4. The van der Waals surface area contributed by atoms with Gasteiger partial charge in [-0.15, -0.1) is 0 Å². The van der Waals surface area contributed by atoms with E-state index in [1.54, 1.807) is 0 Å². The molecule has 2 aromatic carbocycles. The normalized spacial score (nSPS) is 22.8. The maximum Gasteiger partial charge on any atom is 0.312 e. The Bertz CT molecular complexity index is 1020. The number of nitrogens with zero attached hydrogens (tertiary/aromatic N) is 1. The van der Waals surface area contributed by atoms with Gasteiger partial charge in [0, 0.05) is 5.92 Å². The summed E-state index contributed by atoms with van der Waals surface area (Å²) in [5.41, 5.74) is 2.88. The average Bonchev–Trinajstić information content (AvgIpc) is 3.17. The van der Waals surface area contributed by atoms with E-state index in [2.05, 4.69) is 12.6 Å². The van der Waals surface area contributed by atoms with Crippen molar-refractivity contribution in [2.45, 2.75) is 33.6 Å². The highest BCUT2D eigenvalue weighted by Gasteiger charge is 2.78. The molecule has 3 nitrogen and oxygen atoms in total. The van der Waals surface area contributed by atoms with E-state index >= 15 is 0 Å². The second-order valence-corrected chi connectivity index (χ2v) is 8.65. The van der Waals surface area contributed by atoms with Gasteiger partial charge in [0.25, 0.3) is 0 Å². The number of allylic oxidation sites excluding steroid dienone is 2. The molecule has 29 heavy (non-hydrogen) atoms. The first kappa shape index (κ1) is 20.6. The highest BCUT2D eigenvalue weighted by Crippen LogP contribution is 2.75. The smallest absolute Gasteiger partial charge is 0.312 e. The number of carboxylic acids is 1. The first-order valence-electron chi connectivity index (χ1n) is 9.80. The summed E-state index contributed by atoms with van der Waals surface area (Å²) in [5.74, 6) is -1.86. The molecule has 3 atom stereocenters. The summed E-state index contributed by atoms with van der Waals surface area (Å²) in [6.07, 6.45) is 2.01. The van der Waals surface area contributed by atoms with Crippen molar-refractivity contribution in [3.05, 3.63) is 89.5 Å². The second-order valence-electron chi connectivity index (χ2n) is 8.65. The molecule has 0 unspecified atom stereocenters. The highest BCUT2D eigenvalue weighted by molar-refractivity contribution is 5.84. The number of aliphatic carboxylic acids is 1. The van der Waals surface area contributed by atoms with Gasteiger partial charge >= 0.3 is 5.97 Å². The summed E-state index contributed by atoms with van der Waals surface area (Å²) in [6.45, 7) is 12.0. The number of rotatable bonds is 6. The van der Waals surface area contributed by atoms with Gasteiger partial charge in [0.15, 0.2) is 0 Å². The maximum atomic E-state index is 12.5. The Balaban J connectivity index is 2.07. The molecule has 0 heterocycles. The monoisotopic (exact) mass is 385 g/mol. The predicted octanol–water partition coefficient (Wildman–Crippen LogP) is 6.05. The Hall–Kier alpha value is -3.12. The van der Waals surface area contributed by atoms with Crippen molar-refractivity contribution in [3.63, 3.8) is 0 Å². The van der Waals surface area contributed by atoms with Gasteiger partial charge in [-0.2, -0.15) is 5.26 Å². The molecule has 0 bridgehead atoms. The van der Waals surface area contributed by atoms with Crippen LogP contribution < -0.4 is 0 Å². The predicted molar refractivity (Wildman–Crippen MR) is 116 cm³/mol. The van der Waals surface area contributed by atoms with Crippen molar-refractivity contribution in [1.82, 2.24) is 0 Å². The van der Waals surface area contributed by atoms with E-state index in [0.29, 0.717) is 0 Å². The second kappa shape index (κ2) is 7.37. The summed E-state index contributed by atoms with van der Waals surface area (Å²) in [4.78, 5) is 12.5. The third-order valence-electron chi connectivity index (χ3n) is 6.38. The topological polar surface area (TPSA) is 61.1 Å². The largest absolute Gasteiger partial charge is 0.481 e. The third kappa shape index (κ3) is 3.19. The van der Waals surface area contributed by atoms with Gasteiger partial charge < -0.3 is 5.11 Å². The fourth-order valence-corrected chi connectivity index (χ4v) is 4.75. The molecule has 1 N–H and O–H groups in total. The van der Waals surface area contributed by atoms with E-state index in [1.165, 1.54) is 0 Å². The molecule has 0 radical (unpaired) electrons. The Morgan fingerprint density at radius 2 is 1.76 bits per heavy atom. The molecular formula is C26H27NO2. The lowest BCUT2D eigenvalue weighted by atomic mass is 9.77. The average molecular weight is 386 g/mol. The summed E-state index contributed by atoms with van der Waals surface area (Å²) in [6, 6.07) is 19.8. The van der Waals surface area contributed by atoms with Gasteiger partial charge in [-0.25, -0.2) is 0 Å². The van der Waals surface area contributed by atoms with Gasteiger partial charge in [-0.05, 0) is 47.6 Å². The van der Waals surface area contributed by atoms with Crippen LogP contribution in [0.3, 0.4) is 0 Å². The zero-order valence-corrected chi connectivity index (χ0v) is 17.4. The molecule has 1 fully saturated rings. The van der Waals surface area contributed by atoms with Crippen molar-refractivity contribution in [3.8, 4) is 6.07 Å². The Morgan fingerprint density at radius 1 is 1.14 bits per heavy atom. The van der Waals surface area contributed by atoms with Crippen LogP contribution in [0.5, 0.6) is 0 Å². The summed E-state index contributed by atoms with van der Waals surface area (Å²) < 4.78 is 0. The first-order chi connectivity index (χ1) is 13.7. The summed E-state index contributed by atoms with van der Waals surface area (Å²) in [7, 11) is 0. The van der Waals surface area contributed by atoms with Gasteiger partial charge in [0.05, 0.1) is 12.0 Å². The van der Waals surface area contributed by atoms with E-state index in [4.69, 9.17) is 0 Å². The fourth-order valence-electron chi connectivity index (χ4n) is 4.75. The minimum absolute atomic E-state index is 0.192. The van der Waals surface area contributed by atoms with Gasteiger partial charge in [0.2, 0.25) is 0 Å². The number of hydrogen-bond acceptors (Lipinski definition) is 2. The number of hydrogen-bond donors (Lipinski definition) is 1. The number of carboxylic acid groups (broad SMARTS) is 1. The Labute approximate surface area is 173 Å². The van der Waals surface area contributed by atoms with Crippen LogP contribution in [0.2, 0.25) is 0 Å². The van der Waals surface area contributed by atoms with Crippen LogP contribution in [0.25, 0.3) is 5.57 Å². The van der Waals surface area contributed by atoms with Gasteiger partial charge in [0.1, 0.15) is 5.41 Å². The SMILES string of the molecule is C=C(c1ccccc1)c1cccc([C@@H](C#N)[C@]2(C(=O)O)[C@H](C=C(C)C)C2(C)C)c1. The molecule has 3 rings (SSSR count). The number of benzene rings is 2. The quantitative estimate of drug-likeness (QED) is 0.616. The fraction of sp³-hybridized carbons (Fsp3) is 0.308. The standard InChI is InChI=1S/C26H27NO2/c1-17(2)14-23-25(4,5)26(23,24(28)29)22(16-27)21-13-9-12-20(15-21)18(3)19-10-7-6-8-11-19/h6-15,22-23H,3H2,1-2,4-5H3,(H,28,29)/t22-,23-,26-/m1/s1. The highest BCUT2D eigenvalue weighted by atomic mass is 16.4. The Kier molecular flexibility index (Phi) is 5.24. The molecule has 0 spiro atoms. The molecule has 2 aromatic rings. The molecule has 1 aliphatic carbocycles. The Morgan fingerprint density at radius 3 is 2.31 bits per heavy atom. The molecule has 148 valence electrons. The van der Waals surface area contributed by atoms with Crippen molar-refractivity contribution in [1.29, 1.82) is 5.26 Å². The van der Waals surface area contributed by atoms with E-state index in [-0.39, 0.29) is 5.92 Å². The van der Waals surface area contributed by atoms with E-state index in [1.807, 2.05) is 88.4 Å². The zero-order valence-electron chi connectivity index (χ0n) is 17.4. The van der Waals surface area contributed by atoms with Crippen LogP contribution in [0.1, 0.15) is 50.3 Å². The van der Waals surface area contributed by atoms with Crippen LogP contribution >= 0.6 is 0 Å². The lowest BCUT2D eigenvalue weighted by Crippen LogP contribution is -2.29. The maximum absolute atomic E-state index is 12.5. The lowest BCUT2D eigenvalue weighted by molar-refractivity contribution is -0.145. The molecule has 0 saturated heterocycles. The molecule has 1 aliphatic rings. The van der Waals surface area contributed by atoms with Gasteiger partial charge in [-0.1, -0.05) is 80.6 Å². The molecule has 0 amide bonds. The van der Waals surface area contributed by atoms with Crippen molar-refractivity contribution in [2.75, 3.05) is 0 Å². The lowest BCUT2D eigenvalue weighted by Gasteiger charge is -2.22. The van der Waals surface area contributed by atoms with Crippen LogP contribution in [-0.2, 0) is 4.79 Å². The molecule has 3 heteroatoms. The van der Waals surface area contributed by atoms with Crippen LogP contribution in [0.4, 0.5) is 0 Å². The van der Waals surface area contributed by atoms with Crippen LogP contribution in [-0.4, -0.2) is 11.1 Å². The molecule has 0 aliphatic heterocycles. The molecular weight excluding hydrogens is 358 g/mol. The van der Waals surface area contributed by atoms with E-state index in [9.17, 15) is 15.2 Å². The third-order valence-corrected chi connectivity index (χ3v) is 6.38. The van der Waals surface area contributed by atoms with E-state index in [0.717, 1.165) is 27.8 Å². The van der Waals surface area contributed by atoms with Gasteiger partial charge in [-0.3, -0.25) is 4.79 Å². The van der Waals surface area contributed by atoms with Crippen molar-refractivity contribution in [2.24, 2.45) is 16.7 Å². The minimum atomic E-state index is -1.15. The molecule has 1 saturated carbocycles. The van der Waals surface area contributed by atoms with Crippen LogP contribution in [0, 0.1) is 28.1 Å². The summed E-state index contributed by atoms with van der Waals surface area (Å²) >= 11 is 0. The molecule has 0 aromatic heterocycles.